The van der Waals surface area contributed by atoms with Gasteiger partial charge in [-0.2, -0.15) is 4.99 Å². The molecule has 0 unspecified atom stereocenters. The van der Waals surface area contributed by atoms with Gasteiger partial charge in [0.1, 0.15) is 17.1 Å². The Morgan fingerprint density at radius 3 is 2.72 bits per heavy atom. The van der Waals surface area contributed by atoms with E-state index in [4.69, 9.17) is 4.74 Å². The molecule has 0 saturated carbocycles. The number of benzene rings is 2. The molecule has 3 rings (SSSR count). The Balaban J connectivity index is 2.18. The third kappa shape index (κ3) is 3.49. The van der Waals surface area contributed by atoms with Crippen LogP contribution in [-0.2, 0) is 6.54 Å². The first-order valence-electron chi connectivity index (χ1n) is 8.24. The molecule has 0 aliphatic rings. The maximum atomic E-state index is 13.9. The molecular weight excluding hydrogens is 339 g/mol. The van der Waals surface area contributed by atoms with Crippen molar-refractivity contribution >= 4 is 27.5 Å². The van der Waals surface area contributed by atoms with Crippen LogP contribution in [0.1, 0.15) is 30.6 Å². The minimum atomic E-state index is -0.576. The lowest BCUT2D eigenvalue weighted by Crippen LogP contribution is -2.17. The number of carbonyl (C=O) groups excluding carboxylic acids is 1. The zero-order valence-electron chi connectivity index (χ0n) is 14.2. The van der Waals surface area contributed by atoms with Gasteiger partial charge < -0.3 is 9.30 Å². The van der Waals surface area contributed by atoms with Gasteiger partial charge in [0.25, 0.3) is 5.91 Å². The number of nitrogens with zero attached hydrogens (tertiary/aromatic N) is 2. The van der Waals surface area contributed by atoms with Crippen LogP contribution in [0.5, 0.6) is 5.75 Å². The summed E-state index contributed by atoms with van der Waals surface area (Å²) in [5.41, 5.74) is 0.907. The van der Waals surface area contributed by atoms with Crippen LogP contribution >= 0.6 is 11.3 Å². The number of aromatic nitrogens is 1. The second kappa shape index (κ2) is 7.61. The molecule has 1 amide bonds. The summed E-state index contributed by atoms with van der Waals surface area (Å²) in [4.78, 5) is 17.2. The Morgan fingerprint density at radius 2 is 2.00 bits per heavy atom. The van der Waals surface area contributed by atoms with Crippen molar-refractivity contribution in [3.63, 3.8) is 0 Å². The third-order valence-corrected chi connectivity index (χ3v) is 4.76. The van der Waals surface area contributed by atoms with E-state index in [0.717, 1.165) is 22.4 Å². The summed E-state index contributed by atoms with van der Waals surface area (Å²) in [5.74, 6) is -0.369. The molecule has 0 N–H and O–H groups in total. The lowest BCUT2D eigenvalue weighted by Gasteiger charge is -2.08. The zero-order valence-corrected chi connectivity index (χ0v) is 15.0. The van der Waals surface area contributed by atoms with Gasteiger partial charge in [0.05, 0.1) is 16.9 Å². The standard InChI is InChI=1S/C19H19FN2O2S/c1-3-12-22-17-15(24-4-2)10-7-11-16(17)25-19(22)21-18(23)13-8-5-6-9-14(13)20/h5-11H,3-4,12H2,1-2H3. The average molecular weight is 358 g/mol. The highest BCUT2D eigenvalue weighted by molar-refractivity contribution is 7.16. The minimum Gasteiger partial charge on any atom is -0.492 e. The van der Waals surface area contributed by atoms with E-state index in [1.54, 1.807) is 12.1 Å². The van der Waals surface area contributed by atoms with Crippen molar-refractivity contribution in [2.45, 2.75) is 26.8 Å². The first kappa shape index (κ1) is 17.4. The van der Waals surface area contributed by atoms with E-state index in [1.165, 1.54) is 23.5 Å². The molecule has 4 nitrogen and oxygen atoms in total. The number of halogens is 1. The second-order valence-electron chi connectivity index (χ2n) is 5.47. The van der Waals surface area contributed by atoms with Gasteiger partial charge in [0, 0.05) is 6.54 Å². The van der Waals surface area contributed by atoms with E-state index in [-0.39, 0.29) is 5.56 Å². The number of hydrogen-bond acceptors (Lipinski definition) is 3. The molecule has 0 aliphatic heterocycles. The van der Waals surface area contributed by atoms with Gasteiger partial charge in [-0.05, 0) is 37.6 Å². The maximum Gasteiger partial charge on any atom is 0.282 e. The number of para-hydroxylation sites is 1. The third-order valence-electron chi connectivity index (χ3n) is 3.71. The molecule has 0 bridgehead atoms. The molecular formula is C19H19FN2O2S. The SMILES string of the molecule is CCCn1c(=NC(=O)c2ccccc2F)sc2cccc(OCC)c21. The predicted molar refractivity (Wildman–Crippen MR) is 97.6 cm³/mol. The fraction of sp³-hybridized carbons (Fsp3) is 0.263. The Kier molecular flexibility index (Phi) is 5.28. The second-order valence-corrected chi connectivity index (χ2v) is 6.48. The Hall–Kier alpha value is -2.47. The van der Waals surface area contributed by atoms with Crippen molar-refractivity contribution in [1.29, 1.82) is 0 Å². The number of aryl methyl sites for hydroxylation is 1. The minimum absolute atomic E-state index is 0.0203. The molecule has 0 fully saturated rings. The van der Waals surface area contributed by atoms with Crippen molar-refractivity contribution < 1.29 is 13.9 Å². The summed E-state index contributed by atoms with van der Waals surface area (Å²) in [6.07, 6.45) is 0.882. The van der Waals surface area contributed by atoms with Gasteiger partial charge in [-0.15, -0.1) is 0 Å². The summed E-state index contributed by atoms with van der Waals surface area (Å²) in [5, 5.41) is 0. The van der Waals surface area contributed by atoms with Crippen LogP contribution in [0.3, 0.4) is 0 Å². The summed E-state index contributed by atoms with van der Waals surface area (Å²) in [6, 6.07) is 11.7. The molecule has 130 valence electrons. The molecule has 1 heterocycles. The highest BCUT2D eigenvalue weighted by Crippen LogP contribution is 2.28. The monoisotopic (exact) mass is 358 g/mol. The van der Waals surface area contributed by atoms with Crippen molar-refractivity contribution in [3.8, 4) is 5.75 Å². The van der Waals surface area contributed by atoms with Gasteiger partial charge in [-0.1, -0.05) is 36.5 Å². The number of carbonyl (C=O) groups is 1. The summed E-state index contributed by atoms with van der Waals surface area (Å²) < 4.78 is 22.5. The van der Waals surface area contributed by atoms with Crippen LogP contribution in [0.4, 0.5) is 4.39 Å². The predicted octanol–water partition coefficient (Wildman–Crippen LogP) is 4.39. The number of amides is 1. The Morgan fingerprint density at radius 1 is 1.20 bits per heavy atom. The highest BCUT2D eigenvalue weighted by atomic mass is 32.1. The van der Waals surface area contributed by atoms with Crippen molar-refractivity contribution in [1.82, 2.24) is 4.57 Å². The Labute approximate surface area is 149 Å². The number of rotatable bonds is 5. The molecule has 0 aliphatic carbocycles. The van der Waals surface area contributed by atoms with Crippen molar-refractivity contribution in [2.75, 3.05) is 6.61 Å². The quantitative estimate of drug-likeness (QED) is 0.679. The normalized spacial score (nSPS) is 11.9. The number of fused-ring (bicyclic) bond motifs is 1. The first-order chi connectivity index (χ1) is 12.2. The van der Waals surface area contributed by atoms with E-state index < -0.39 is 11.7 Å². The Bertz CT molecular complexity index is 975. The van der Waals surface area contributed by atoms with Crippen LogP contribution in [0.25, 0.3) is 10.2 Å². The molecule has 0 saturated heterocycles. The molecule has 2 aromatic carbocycles. The lowest BCUT2D eigenvalue weighted by atomic mass is 10.2. The van der Waals surface area contributed by atoms with E-state index in [1.807, 2.05) is 29.7 Å². The van der Waals surface area contributed by atoms with E-state index >= 15 is 0 Å². The van der Waals surface area contributed by atoms with Crippen LogP contribution in [0.2, 0.25) is 0 Å². The van der Waals surface area contributed by atoms with Gasteiger partial charge >= 0.3 is 0 Å². The van der Waals surface area contributed by atoms with Crippen LogP contribution in [0.15, 0.2) is 47.5 Å². The van der Waals surface area contributed by atoms with Crippen molar-refractivity contribution in [2.24, 2.45) is 4.99 Å². The van der Waals surface area contributed by atoms with E-state index in [2.05, 4.69) is 11.9 Å². The first-order valence-corrected chi connectivity index (χ1v) is 9.06. The molecule has 25 heavy (non-hydrogen) atoms. The highest BCUT2D eigenvalue weighted by Gasteiger charge is 2.14. The van der Waals surface area contributed by atoms with Gasteiger partial charge in [-0.25, -0.2) is 4.39 Å². The molecule has 0 radical (unpaired) electrons. The van der Waals surface area contributed by atoms with Crippen LogP contribution in [-0.4, -0.2) is 17.1 Å². The molecule has 1 aromatic heterocycles. The summed E-state index contributed by atoms with van der Waals surface area (Å²) in [6.45, 7) is 5.25. The zero-order chi connectivity index (χ0) is 17.8. The smallest absolute Gasteiger partial charge is 0.282 e. The summed E-state index contributed by atoms with van der Waals surface area (Å²) >= 11 is 1.41. The average Bonchev–Trinajstić information content (AvgIpc) is 2.94. The number of thiazole rings is 1. The number of ether oxygens (including phenoxy) is 1. The fourth-order valence-corrected chi connectivity index (χ4v) is 3.74. The van der Waals surface area contributed by atoms with Crippen LogP contribution in [0, 0.1) is 5.82 Å². The number of hydrogen-bond donors (Lipinski definition) is 0. The molecule has 0 spiro atoms. The molecule has 3 aromatic rings. The van der Waals surface area contributed by atoms with E-state index in [0.29, 0.717) is 18.0 Å². The molecule has 0 atom stereocenters. The fourth-order valence-electron chi connectivity index (χ4n) is 2.67. The van der Waals surface area contributed by atoms with Crippen LogP contribution < -0.4 is 9.54 Å². The topological polar surface area (TPSA) is 43.6 Å². The van der Waals surface area contributed by atoms with Crippen molar-refractivity contribution in [3.05, 3.63) is 58.6 Å². The molecule has 6 heteroatoms. The maximum absolute atomic E-state index is 13.9. The van der Waals surface area contributed by atoms with Gasteiger partial charge in [0.2, 0.25) is 0 Å². The lowest BCUT2D eigenvalue weighted by molar-refractivity contribution is 0.0994. The largest absolute Gasteiger partial charge is 0.492 e. The van der Waals surface area contributed by atoms with Gasteiger partial charge in [-0.3, -0.25) is 4.79 Å². The summed E-state index contributed by atoms with van der Waals surface area (Å²) in [7, 11) is 0. The van der Waals surface area contributed by atoms with Gasteiger partial charge in [0.15, 0.2) is 4.80 Å². The van der Waals surface area contributed by atoms with E-state index in [9.17, 15) is 9.18 Å².